The smallest absolute Gasteiger partial charge is 0.423 e. The molecule has 0 aromatic heterocycles. The highest BCUT2D eigenvalue weighted by Gasteiger charge is 2.56. The maximum absolute atomic E-state index is 12.4. The van der Waals surface area contributed by atoms with E-state index in [1.165, 1.54) is 20.8 Å². The fourth-order valence-electron chi connectivity index (χ4n) is 2.52. The van der Waals surface area contributed by atoms with Gasteiger partial charge in [-0.05, 0) is 41.0 Å². The number of carbonyl (C=O) groups is 3. The summed E-state index contributed by atoms with van der Waals surface area (Å²) < 4.78 is 5.48. The number of fused-ring (bicyclic) bond motifs is 1. The quantitative estimate of drug-likeness (QED) is 0.557. The van der Waals surface area contributed by atoms with Crippen molar-refractivity contribution < 1.29 is 29.2 Å². The van der Waals surface area contributed by atoms with Crippen LogP contribution in [0.2, 0.25) is 0 Å². The van der Waals surface area contributed by atoms with Gasteiger partial charge in [-0.1, -0.05) is 5.57 Å². The molecule has 0 heterocycles. The highest BCUT2D eigenvalue weighted by atomic mass is 16.5. The van der Waals surface area contributed by atoms with Gasteiger partial charge >= 0.3 is 7.12 Å². The van der Waals surface area contributed by atoms with Crippen LogP contribution in [-0.2, 0) is 19.0 Å². The summed E-state index contributed by atoms with van der Waals surface area (Å²) in [7, 11) is -1.57. The Morgan fingerprint density at radius 1 is 1.27 bits per heavy atom. The minimum absolute atomic E-state index is 0.00197. The number of rotatable bonds is 5. The number of carbonyl (C=O) groups excluding carboxylic acids is 3. The molecule has 0 aromatic carbocycles. The summed E-state index contributed by atoms with van der Waals surface area (Å²) in [5, 5.41) is 20.4. The van der Waals surface area contributed by atoms with E-state index in [4.69, 9.17) is 4.65 Å². The molecule has 2 unspecified atom stereocenters. The van der Waals surface area contributed by atoms with Gasteiger partial charge < -0.3 is 14.8 Å². The average Bonchev–Trinajstić information content (AvgIpc) is 3.06. The van der Waals surface area contributed by atoms with Gasteiger partial charge in [-0.2, -0.15) is 0 Å². The van der Waals surface area contributed by atoms with E-state index < -0.39 is 41.7 Å². The molecule has 2 N–H and O–H groups in total. The van der Waals surface area contributed by atoms with Gasteiger partial charge in [0.25, 0.3) is 0 Å². The Bertz CT molecular complexity index is 583. The molecule has 0 radical (unpaired) electrons. The zero-order valence-electron chi connectivity index (χ0n) is 13.5. The number of allylic oxidation sites excluding steroid dienone is 2. The molecule has 2 aliphatic carbocycles. The predicted molar refractivity (Wildman–Crippen MR) is 78.8 cm³/mol. The van der Waals surface area contributed by atoms with Gasteiger partial charge in [-0.3, -0.25) is 14.4 Å². The van der Waals surface area contributed by atoms with Crippen molar-refractivity contribution in [2.24, 2.45) is 11.8 Å². The minimum atomic E-state index is -1.57. The number of ketones is 3. The molecule has 1 saturated carbocycles. The first kappa shape index (κ1) is 17.1. The van der Waals surface area contributed by atoms with Crippen LogP contribution >= 0.6 is 0 Å². The second-order valence-electron chi connectivity index (χ2n) is 7.05. The van der Waals surface area contributed by atoms with Crippen LogP contribution in [0.4, 0.5) is 0 Å². The van der Waals surface area contributed by atoms with Gasteiger partial charge in [0.15, 0.2) is 11.6 Å². The van der Waals surface area contributed by atoms with E-state index in [1.54, 1.807) is 13.8 Å². The van der Waals surface area contributed by atoms with E-state index in [1.807, 2.05) is 0 Å². The minimum Gasteiger partial charge on any atom is -0.423 e. The van der Waals surface area contributed by atoms with Crippen molar-refractivity contribution in [2.45, 2.75) is 52.2 Å². The van der Waals surface area contributed by atoms with Crippen LogP contribution < -0.4 is 0 Å². The summed E-state index contributed by atoms with van der Waals surface area (Å²) in [5.41, 5.74) is -1.83. The van der Waals surface area contributed by atoms with Gasteiger partial charge in [-0.15, -0.1) is 0 Å². The van der Waals surface area contributed by atoms with Crippen molar-refractivity contribution in [1.29, 1.82) is 0 Å². The first-order chi connectivity index (χ1) is 9.88. The molecule has 0 saturated heterocycles. The Hall–Kier alpha value is -1.31. The van der Waals surface area contributed by atoms with Crippen LogP contribution in [0.1, 0.15) is 41.0 Å². The zero-order chi connectivity index (χ0) is 17.0. The van der Waals surface area contributed by atoms with E-state index in [2.05, 4.69) is 0 Å². The lowest BCUT2D eigenvalue weighted by Gasteiger charge is -2.38. The molecule has 0 aromatic rings. The third-order valence-electron chi connectivity index (χ3n) is 4.72. The molecule has 0 bridgehead atoms. The van der Waals surface area contributed by atoms with Crippen molar-refractivity contribution in [3.63, 3.8) is 0 Å². The largest absolute Gasteiger partial charge is 0.495 e. The van der Waals surface area contributed by atoms with E-state index in [9.17, 15) is 24.5 Å². The molecule has 2 aliphatic rings. The maximum Gasteiger partial charge on any atom is 0.495 e. The number of hydrogen-bond donors (Lipinski definition) is 2. The lowest BCUT2D eigenvalue weighted by Crippen LogP contribution is -2.52. The molecule has 7 heteroatoms. The molecular weight excluding hydrogens is 287 g/mol. The van der Waals surface area contributed by atoms with Crippen LogP contribution in [0.5, 0.6) is 0 Å². The van der Waals surface area contributed by atoms with E-state index in [-0.39, 0.29) is 11.3 Å². The monoisotopic (exact) mass is 308 g/mol. The topological polar surface area (TPSA) is 101 Å². The third kappa shape index (κ3) is 2.68. The summed E-state index contributed by atoms with van der Waals surface area (Å²) in [6.45, 7) is 7.43. The average molecular weight is 308 g/mol. The van der Waals surface area contributed by atoms with Crippen LogP contribution in [0.15, 0.2) is 11.0 Å². The van der Waals surface area contributed by atoms with Gasteiger partial charge in [-0.25, -0.2) is 0 Å². The molecule has 0 spiro atoms. The summed E-state index contributed by atoms with van der Waals surface area (Å²) in [5.74, 6) is -3.38. The highest BCUT2D eigenvalue weighted by Crippen LogP contribution is 2.48. The molecule has 2 atom stereocenters. The Kier molecular flexibility index (Phi) is 3.96. The van der Waals surface area contributed by atoms with Crippen LogP contribution in [0.3, 0.4) is 0 Å². The van der Waals surface area contributed by atoms with Crippen molar-refractivity contribution in [2.75, 3.05) is 0 Å². The molecule has 0 amide bonds. The van der Waals surface area contributed by atoms with Gasteiger partial charge in [0.05, 0.1) is 11.2 Å². The summed E-state index contributed by atoms with van der Waals surface area (Å²) in [4.78, 5) is 36.0. The second-order valence-corrected chi connectivity index (χ2v) is 7.05. The Morgan fingerprint density at radius 3 is 2.27 bits per heavy atom. The second kappa shape index (κ2) is 5.11. The Labute approximate surface area is 129 Å². The van der Waals surface area contributed by atoms with Crippen molar-refractivity contribution in [3.8, 4) is 0 Å². The molecule has 120 valence electrons. The normalized spacial score (nSPS) is 25.2. The summed E-state index contributed by atoms with van der Waals surface area (Å²) in [6.07, 6.45) is 0.382. The molecule has 22 heavy (non-hydrogen) atoms. The summed E-state index contributed by atoms with van der Waals surface area (Å²) in [6, 6.07) is 0. The lowest BCUT2D eigenvalue weighted by atomic mass is 9.67. The SMILES string of the molecule is CC(=O)C1C(=O)C(B(O)OC(C)(C)C(C)(C)O)=C2CC2C1=O. The molecular formula is C15H21BO6. The first-order valence-corrected chi connectivity index (χ1v) is 7.28. The zero-order valence-corrected chi connectivity index (χ0v) is 13.5. The van der Waals surface area contributed by atoms with Crippen LogP contribution in [0.25, 0.3) is 0 Å². The van der Waals surface area contributed by atoms with Crippen molar-refractivity contribution in [3.05, 3.63) is 11.0 Å². The molecule has 6 nitrogen and oxygen atoms in total. The van der Waals surface area contributed by atoms with Gasteiger partial charge in [0.2, 0.25) is 0 Å². The number of hydrogen-bond acceptors (Lipinski definition) is 6. The van der Waals surface area contributed by atoms with E-state index in [0.29, 0.717) is 12.0 Å². The van der Waals surface area contributed by atoms with Gasteiger partial charge in [0.1, 0.15) is 11.7 Å². The molecule has 1 fully saturated rings. The van der Waals surface area contributed by atoms with Crippen molar-refractivity contribution in [1.82, 2.24) is 0 Å². The van der Waals surface area contributed by atoms with Crippen LogP contribution in [-0.4, -0.2) is 45.8 Å². The Morgan fingerprint density at radius 2 is 1.82 bits per heavy atom. The fourth-order valence-corrected chi connectivity index (χ4v) is 2.52. The number of Topliss-reactive ketones (excluding diaryl/α,β-unsaturated/α-hetero) is 3. The third-order valence-corrected chi connectivity index (χ3v) is 4.72. The molecule has 2 rings (SSSR count). The first-order valence-electron chi connectivity index (χ1n) is 7.28. The van der Waals surface area contributed by atoms with E-state index in [0.717, 1.165) is 0 Å². The highest BCUT2D eigenvalue weighted by molar-refractivity contribution is 6.63. The van der Waals surface area contributed by atoms with Gasteiger partial charge in [0, 0.05) is 11.4 Å². The van der Waals surface area contributed by atoms with Crippen molar-refractivity contribution >= 4 is 24.5 Å². The maximum atomic E-state index is 12.4. The Balaban J connectivity index is 2.29. The predicted octanol–water partition coefficient (Wildman–Crippen LogP) is 0.246. The fraction of sp³-hybridized carbons (Fsp3) is 0.667. The number of aliphatic hydroxyl groups is 1. The van der Waals surface area contributed by atoms with E-state index >= 15 is 0 Å². The lowest BCUT2D eigenvalue weighted by molar-refractivity contribution is -0.138. The standard InChI is InChI=1S/C15H21BO6/c1-7(17)10-12(18)9-6-8(9)11(13(10)19)16(21)22-15(4,5)14(2,3)20/h9-10,20-21H,6H2,1-5H3. The van der Waals surface area contributed by atoms with Crippen LogP contribution in [0, 0.1) is 11.8 Å². The summed E-state index contributed by atoms with van der Waals surface area (Å²) >= 11 is 0. The molecule has 0 aliphatic heterocycles.